The van der Waals surface area contributed by atoms with Gasteiger partial charge in [-0.15, -0.1) is 0 Å². The minimum atomic E-state index is 0.240. The minimum absolute atomic E-state index is 0.240. The second-order valence-electron chi connectivity index (χ2n) is 5.53. The van der Waals surface area contributed by atoms with E-state index in [0.29, 0.717) is 0 Å². The molecule has 0 N–H and O–H groups in total. The predicted molar refractivity (Wildman–Crippen MR) is 87.5 cm³/mol. The van der Waals surface area contributed by atoms with E-state index in [2.05, 4.69) is 62.0 Å². The maximum Gasteiger partial charge on any atom is 0.0107 e. The Bertz CT molecular complexity index is 264. The van der Waals surface area contributed by atoms with Crippen molar-refractivity contribution in [1.29, 1.82) is 0 Å². The van der Waals surface area contributed by atoms with Crippen molar-refractivity contribution in [2.75, 3.05) is 40.3 Å². The highest BCUT2D eigenvalue weighted by molar-refractivity contribution is 5.22. The summed E-state index contributed by atoms with van der Waals surface area (Å²) in [5.74, 6) is 0. The quantitative estimate of drug-likeness (QED) is 0.660. The van der Waals surface area contributed by atoms with Crippen molar-refractivity contribution in [2.45, 2.75) is 27.7 Å². The highest BCUT2D eigenvalue weighted by Gasteiger charge is 2.08. The van der Waals surface area contributed by atoms with E-state index >= 15 is 0 Å². The van der Waals surface area contributed by atoms with Gasteiger partial charge in [-0.2, -0.15) is 0 Å². The molecule has 0 bridgehead atoms. The van der Waals surface area contributed by atoms with Crippen LogP contribution in [-0.2, 0) is 0 Å². The van der Waals surface area contributed by atoms with Gasteiger partial charge < -0.3 is 9.80 Å². The summed E-state index contributed by atoms with van der Waals surface area (Å²) in [4.78, 5) is 4.72. The van der Waals surface area contributed by atoms with Crippen molar-refractivity contribution in [3.05, 3.63) is 36.5 Å². The van der Waals surface area contributed by atoms with Crippen LogP contribution in [0.5, 0.6) is 0 Å². The molecule has 1 fully saturated rings. The molecule has 0 amide bonds. The summed E-state index contributed by atoms with van der Waals surface area (Å²) in [6.07, 6.45) is 12.6. The van der Waals surface area contributed by atoms with Gasteiger partial charge in [-0.1, -0.05) is 64.2 Å². The van der Waals surface area contributed by atoms with Crippen LogP contribution in [0, 0.1) is 5.41 Å². The molecule has 2 rings (SSSR count). The molecule has 0 spiro atoms. The second kappa shape index (κ2) is 9.99. The van der Waals surface area contributed by atoms with E-state index in [1.807, 2.05) is 26.0 Å². The van der Waals surface area contributed by atoms with Crippen LogP contribution in [0.3, 0.4) is 0 Å². The zero-order chi connectivity index (χ0) is 14.7. The first-order valence-corrected chi connectivity index (χ1v) is 7.40. The number of likely N-dealkylation sites (N-methyl/N-ethyl adjacent to an activating group) is 2. The lowest BCUT2D eigenvalue weighted by Crippen LogP contribution is -2.42. The lowest BCUT2D eigenvalue weighted by molar-refractivity contribution is 0.181. The summed E-state index contributed by atoms with van der Waals surface area (Å²) < 4.78 is 0. The van der Waals surface area contributed by atoms with Gasteiger partial charge in [0.15, 0.2) is 0 Å². The number of allylic oxidation sites excluding steroid dienone is 6. The molecule has 0 atom stereocenters. The molecule has 1 saturated heterocycles. The SMILES string of the molecule is CC.CC1(C)C=CC=CC=C1.CN1CCN(C)CC1. The molecule has 110 valence electrons. The van der Waals surface area contributed by atoms with Gasteiger partial charge in [0.2, 0.25) is 0 Å². The smallest absolute Gasteiger partial charge is 0.0107 e. The summed E-state index contributed by atoms with van der Waals surface area (Å²) >= 11 is 0. The van der Waals surface area contributed by atoms with E-state index in [4.69, 9.17) is 0 Å². The van der Waals surface area contributed by atoms with Crippen LogP contribution in [-0.4, -0.2) is 50.1 Å². The summed E-state index contributed by atoms with van der Waals surface area (Å²) in [5.41, 5.74) is 0.240. The summed E-state index contributed by atoms with van der Waals surface area (Å²) in [6, 6.07) is 0. The van der Waals surface area contributed by atoms with Crippen LogP contribution >= 0.6 is 0 Å². The Morgan fingerprint density at radius 3 is 1.32 bits per heavy atom. The average Bonchev–Trinajstić information content (AvgIpc) is 2.60. The molecule has 0 radical (unpaired) electrons. The molecule has 0 aromatic heterocycles. The first-order valence-electron chi connectivity index (χ1n) is 7.40. The van der Waals surface area contributed by atoms with Crippen LogP contribution in [0.2, 0.25) is 0 Å². The Morgan fingerprint density at radius 2 is 1.00 bits per heavy atom. The normalized spacial score (nSPS) is 21.8. The third-order valence-electron chi connectivity index (χ3n) is 3.11. The zero-order valence-electron chi connectivity index (χ0n) is 13.7. The highest BCUT2D eigenvalue weighted by Crippen LogP contribution is 2.20. The summed E-state index contributed by atoms with van der Waals surface area (Å²) in [5, 5.41) is 0. The van der Waals surface area contributed by atoms with Crippen LogP contribution < -0.4 is 0 Å². The molecule has 0 aromatic rings. The van der Waals surface area contributed by atoms with Gasteiger partial charge in [-0.3, -0.25) is 0 Å². The molecule has 0 aromatic carbocycles. The van der Waals surface area contributed by atoms with Crippen LogP contribution in [0.25, 0.3) is 0 Å². The fourth-order valence-corrected chi connectivity index (χ4v) is 1.70. The number of piperazine rings is 1. The first kappa shape index (κ1) is 18.1. The van der Waals surface area contributed by atoms with E-state index in [-0.39, 0.29) is 5.41 Å². The lowest BCUT2D eigenvalue weighted by atomic mass is 9.93. The van der Waals surface area contributed by atoms with Gasteiger partial charge in [0, 0.05) is 31.6 Å². The van der Waals surface area contributed by atoms with Crippen molar-refractivity contribution < 1.29 is 0 Å². The van der Waals surface area contributed by atoms with Crippen LogP contribution in [0.1, 0.15) is 27.7 Å². The fourth-order valence-electron chi connectivity index (χ4n) is 1.70. The first-order chi connectivity index (χ1) is 8.99. The van der Waals surface area contributed by atoms with E-state index < -0.39 is 0 Å². The third kappa shape index (κ3) is 9.69. The number of hydrogen-bond acceptors (Lipinski definition) is 2. The Morgan fingerprint density at radius 1 is 0.684 bits per heavy atom. The fraction of sp³-hybridized carbons (Fsp3) is 0.647. The zero-order valence-corrected chi connectivity index (χ0v) is 13.7. The molecule has 2 heteroatoms. The van der Waals surface area contributed by atoms with E-state index in [1.165, 1.54) is 26.2 Å². The molecule has 2 aliphatic rings. The topological polar surface area (TPSA) is 6.48 Å². The number of rotatable bonds is 0. The molecule has 0 unspecified atom stereocenters. The largest absolute Gasteiger partial charge is 0.304 e. The summed E-state index contributed by atoms with van der Waals surface area (Å²) in [7, 11) is 4.35. The third-order valence-corrected chi connectivity index (χ3v) is 3.11. The van der Waals surface area contributed by atoms with Crippen molar-refractivity contribution in [2.24, 2.45) is 5.41 Å². The Kier molecular flexibility index (Phi) is 9.54. The molecular formula is C17H32N2. The maximum atomic E-state index is 2.36. The van der Waals surface area contributed by atoms with E-state index in [9.17, 15) is 0 Å². The van der Waals surface area contributed by atoms with E-state index in [1.54, 1.807) is 0 Å². The van der Waals surface area contributed by atoms with Gasteiger partial charge in [0.1, 0.15) is 0 Å². The number of hydrogen-bond donors (Lipinski definition) is 0. The Labute approximate surface area is 120 Å². The minimum Gasteiger partial charge on any atom is -0.304 e. The van der Waals surface area contributed by atoms with Gasteiger partial charge in [0.25, 0.3) is 0 Å². The molecule has 1 aliphatic carbocycles. The highest BCUT2D eigenvalue weighted by atomic mass is 15.2. The van der Waals surface area contributed by atoms with Crippen molar-refractivity contribution in [3.8, 4) is 0 Å². The molecule has 19 heavy (non-hydrogen) atoms. The maximum absolute atomic E-state index is 2.36. The van der Waals surface area contributed by atoms with Crippen molar-refractivity contribution >= 4 is 0 Å². The molecule has 1 heterocycles. The molecule has 1 aliphatic heterocycles. The molecular weight excluding hydrogens is 232 g/mol. The molecule has 0 saturated carbocycles. The van der Waals surface area contributed by atoms with Crippen LogP contribution in [0.4, 0.5) is 0 Å². The average molecular weight is 264 g/mol. The van der Waals surface area contributed by atoms with Gasteiger partial charge in [-0.25, -0.2) is 0 Å². The predicted octanol–water partition coefficient (Wildman–Crippen LogP) is 3.58. The van der Waals surface area contributed by atoms with Crippen molar-refractivity contribution in [1.82, 2.24) is 9.80 Å². The molecule has 2 nitrogen and oxygen atoms in total. The second-order valence-corrected chi connectivity index (χ2v) is 5.53. The van der Waals surface area contributed by atoms with Gasteiger partial charge in [-0.05, 0) is 14.1 Å². The Balaban J connectivity index is 0.000000303. The van der Waals surface area contributed by atoms with Crippen molar-refractivity contribution in [3.63, 3.8) is 0 Å². The monoisotopic (exact) mass is 264 g/mol. The van der Waals surface area contributed by atoms with Gasteiger partial charge >= 0.3 is 0 Å². The van der Waals surface area contributed by atoms with E-state index in [0.717, 1.165) is 0 Å². The number of nitrogens with zero attached hydrogens (tertiary/aromatic N) is 2. The van der Waals surface area contributed by atoms with Crippen LogP contribution in [0.15, 0.2) is 36.5 Å². The summed E-state index contributed by atoms with van der Waals surface area (Å²) in [6.45, 7) is 13.3. The van der Waals surface area contributed by atoms with Gasteiger partial charge in [0.05, 0.1) is 0 Å². The Hall–Kier alpha value is -0.860. The standard InChI is InChI=1S/C9H12.C6H14N2.C2H6/c1-9(2)7-5-3-4-6-8-9;1-7-3-5-8(2)6-4-7;1-2/h3-8H,1-2H3;3-6H2,1-2H3;1-2H3. The lowest BCUT2D eigenvalue weighted by Gasteiger charge is -2.28.